The molecule has 0 atom stereocenters. The number of hydrogen-bond acceptors (Lipinski definition) is 7. The van der Waals surface area contributed by atoms with Crippen LogP contribution in [0.5, 0.6) is 0 Å². The van der Waals surface area contributed by atoms with Crippen molar-refractivity contribution in [2.75, 3.05) is 18.0 Å². The van der Waals surface area contributed by atoms with E-state index < -0.39 is 0 Å². The summed E-state index contributed by atoms with van der Waals surface area (Å²) in [6.07, 6.45) is 0.590. The minimum Gasteiger partial charge on any atom is -0.357 e. The molecule has 0 saturated heterocycles. The van der Waals surface area contributed by atoms with Crippen LogP contribution >= 0.6 is 0 Å². The maximum Gasteiger partial charge on any atom is 0.212 e. The van der Waals surface area contributed by atoms with Crippen LogP contribution in [0, 0.1) is 20.8 Å². The van der Waals surface area contributed by atoms with E-state index in [0.29, 0.717) is 29.5 Å². The number of amidine groups is 1. The fourth-order valence-corrected chi connectivity index (χ4v) is 3.75. The fourth-order valence-electron chi connectivity index (χ4n) is 3.75. The van der Waals surface area contributed by atoms with Gasteiger partial charge < -0.3 is 10.2 Å². The Morgan fingerprint density at radius 3 is 2.47 bits per heavy atom. The molecule has 0 fully saturated rings. The van der Waals surface area contributed by atoms with Crippen LogP contribution < -0.4 is 10.2 Å². The van der Waals surface area contributed by atoms with E-state index in [4.69, 9.17) is 15.0 Å². The predicted molar refractivity (Wildman–Crippen MR) is 125 cm³/mol. The monoisotopic (exact) mass is 433 g/mol. The molecule has 0 unspecified atom stereocenters. The molecule has 0 aromatic carbocycles. The van der Waals surface area contributed by atoms with Crippen LogP contribution in [-0.2, 0) is 11.8 Å². The van der Waals surface area contributed by atoms with Crippen molar-refractivity contribution in [2.24, 2.45) is 17.1 Å². The van der Waals surface area contributed by atoms with E-state index >= 15 is 0 Å². The van der Waals surface area contributed by atoms with Gasteiger partial charge in [-0.3, -0.25) is 9.48 Å². The van der Waals surface area contributed by atoms with E-state index in [9.17, 15) is 4.79 Å². The Morgan fingerprint density at radius 1 is 1.12 bits per heavy atom. The van der Waals surface area contributed by atoms with E-state index in [-0.39, 0.29) is 0 Å². The highest BCUT2D eigenvalue weighted by molar-refractivity contribution is 6.49. The number of carbonyl (C=O) groups excluding carboxylic acids is 1. The maximum atomic E-state index is 11.2. The lowest BCUT2D eigenvalue weighted by molar-refractivity contribution is -0.108. The third-order valence-corrected chi connectivity index (χ3v) is 5.58. The van der Waals surface area contributed by atoms with Gasteiger partial charge in [-0.05, 0) is 52.8 Å². The third-order valence-electron chi connectivity index (χ3n) is 5.58. The topological polar surface area (TPSA) is 106 Å². The van der Waals surface area contributed by atoms with Gasteiger partial charge in [0.05, 0.1) is 17.1 Å². The van der Waals surface area contributed by atoms with Crippen molar-refractivity contribution >= 4 is 29.5 Å². The first-order valence-corrected chi connectivity index (χ1v) is 10.6. The molecule has 1 amide bonds. The molecule has 3 aromatic rings. The van der Waals surface area contributed by atoms with Crippen LogP contribution in [0.2, 0.25) is 0 Å². The maximum absolute atomic E-state index is 11.2. The number of carbonyl (C=O) groups is 1. The first-order valence-electron chi connectivity index (χ1n) is 10.6. The number of fused-ring (bicyclic) bond motifs is 1. The average Bonchev–Trinajstić information content (AvgIpc) is 3.36. The van der Waals surface area contributed by atoms with Crippen molar-refractivity contribution in [1.29, 1.82) is 0 Å². The minimum atomic E-state index is 0.337. The Balaban J connectivity index is 1.81. The summed E-state index contributed by atoms with van der Waals surface area (Å²) in [6.45, 7) is 11.8. The Hall–Kier alpha value is -3.82. The number of aryl methyl sites for hydroxylation is 4. The number of hydrogen-bond donors (Lipinski definition) is 1. The van der Waals surface area contributed by atoms with Gasteiger partial charge in [0.15, 0.2) is 17.4 Å². The third kappa shape index (κ3) is 3.57. The molecular weight excluding hydrogens is 406 g/mol. The van der Waals surface area contributed by atoms with E-state index in [1.54, 1.807) is 9.36 Å². The smallest absolute Gasteiger partial charge is 0.212 e. The summed E-state index contributed by atoms with van der Waals surface area (Å²) in [4.78, 5) is 27.6. The summed E-state index contributed by atoms with van der Waals surface area (Å²) in [5.74, 6) is 1.80. The van der Waals surface area contributed by atoms with Gasteiger partial charge in [-0.2, -0.15) is 5.10 Å². The Morgan fingerprint density at radius 2 is 1.88 bits per heavy atom. The Labute approximate surface area is 186 Å². The quantitative estimate of drug-likeness (QED) is 0.601. The SMILES string of the molecule is CCN(CC)c1ccc(/N=C2/C(NC=O)=Nn3c2nc(C)c3-c2cc(C)n(C)n2)c(C)n1. The molecule has 32 heavy (non-hydrogen) atoms. The molecule has 0 radical (unpaired) electrons. The zero-order valence-electron chi connectivity index (χ0n) is 19.2. The summed E-state index contributed by atoms with van der Waals surface area (Å²) >= 11 is 0. The van der Waals surface area contributed by atoms with Gasteiger partial charge in [0.25, 0.3) is 0 Å². The zero-order valence-corrected chi connectivity index (χ0v) is 19.2. The second-order valence-corrected chi connectivity index (χ2v) is 7.59. The average molecular weight is 434 g/mol. The normalized spacial score (nSPS) is 13.9. The minimum absolute atomic E-state index is 0.337. The highest BCUT2D eigenvalue weighted by Gasteiger charge is 2.30. The highest BCUT2D eigenvalue weighted by atomic mass is 16.1. The molecule has 0 aliphatic carbocycles. The number of rotatable bonds is 6. The summed E-state index contributed by atoms with van der Waals surface area (Å²) in [6, 6.07) is 5.87. The summed E-state index contributed by atoms with van der Waals surface area (Å²) < 4.78 is 3.49. The molecule has 0 bridgehead atoms. The van der Waals surface area contributed by atoms with Crippen molar-refractivity contribution in [3.8, 4) is 11.4 Å². The lowest BCUT2D eigenvalue weighted by Gasteiger charge is -2.20. The summed E-state index contributed by atoms with van der Waals surface area (Å²) in [7, 11) is 1.89. The molecule has 0 spiro atoms. The summed E-state index contributed by atoms with van der Waals surface area (Å²) in [5.41, 5.74) is 5.30. The van der Waals surface area contributed by atoms with Crippen molar-refractivity contribution in [2.45, 2.75) is 34.6 Å². The van der Waals surface area contributed by atoms with Crippen LogP contribution in [0.3, 0.4) is 0 Å². The molecule has 4 heterocycles. The fraction of sp³-hybridized carbons (Fsp3) is 0.364. The number of aliphatic imine (C=N–C) groups is 1. The molecule has 1 aliphatic heterocycles. The molecule has 4 rings (SSSR count). The van der Waals surface area contributed by atoms with Crippen LogP contribution in [0.25, 0.3) is 11.4 Å². The molecule has 10 heteroatoms. The van der Waals surface area contributed by atoms with Gasteiger partial charge in [0.1, 0.15) is 17.2 Å². The van der Waals surface area contributed by atoms with E-state index in [1.807, 2.05) is 46.0 Å². The van der Waals surface area contributed by atoms with Gasteiger partial charge in [0.2, 0.25) is 6.41 Å². The first-order chi connectivity index (χ1) is 15.4. The Bertz CT molecular complexity index is 1230. The van der Waals surface area contributed by atoms with Crippen molar-refractivity contribution in [1.82, 2.24) is 29.7 Å². The number of nitrogens with one attached hydrogen (secondary N) is 1. The second-order valence-electron chi connectivity index (χ2n) is 7.59. The second kappa shape index (κ2) is 8.37. The number of imidazole rings is 1. The number of nitrogens with zero attached hydrogens (tertiary/aromatic N) is 8. The van der Waals surface area contributed by atoms with Gasteiger partial charge in [-0.15, -0.1) is 5.10 Å². The number of aromatic nitrogens is 5. The van der Waals surface area contributed by atoms with Crippen molar-refractivity contribution < 1.29 is 4.79 Å². The zero-order chi connectivity index (χ0) is 23.0. The summed E-state index contributed by atoms with van der Waals surface area (Å²) in [5, 5.41) is 11.8. The Kier molecular flexibility index (Phi) is 5.60. The van der Waals surface area contributed by atoms with Crippen molar-refractivity contribution in [3.05, 3.63) is 41.1 Å². The first kappa shape index (κ1) is 21.4. The lowest BCUT2D eigenvalue weighted by Crippen LogP contribution is -2.28. The largest absolute Gasteiger partial charge is 0.357 e. The van der Waals surface area contributed by atoms with E-state index in [0.717, 1.165) is 47.4 Å². The van der Waals surface area contributed by atoms with Crippen LogP contribution in [0.1, 0.15) is 36.8 Å². The van der Waals surface area contributed by atoms with Gasteiger partial charge >= 0.3 is 0 Å². The van der Waals surface area contributed by atoms with Crippen LogP contribution in [0.15, 0.2) is 28.3 Å². The van der Waals surface area contributed by atoms with E-state index in [2.05, 4.69) is 34.3 Å². The number of anilines is 1. The molecule has 166 valence electrons. The standard InChI is InChI=1S/C22H27N9O/c1-7-30(8-2)18-10-9-16(14(4)24-18)26-19-21(23-12-32)28-31-20(15(5)25-22(19)31)17-11-13(3)29(6)27-17/h9-12H,7-8H2,1-6H3,(H,23,28,32)/b26-19-. The van der Waals surface area contributed by atoms with Gasteiger partial charge in [-0.1, -0.05) is 0 Å². The number of amides is 1. The highest BCUT2D eigenvalue weighted by Crippen LogP contribution is 2.29. The predicted octanol–water partition coefficient (Wildman–Crippen LogP) is 2.49. The van der Waals surface area contributed by atoms with Crippen molar-refractivity contribution in [3.63, 3.8) is 0 Å². The molecule has 3 aromatic heterocycles. The molecule has 1 aliphatic rings. The van der Waals surface area contributed by atoms with Crippen LogP contribution in [0.4, 0.5) is 11.5 Å². The lowest BCUT2D eigenvalue weighted by atomic mass is 10.2. The molecule has 1 N–H and O–H groups in total. The van der Waals surface area contributed by atoms with Gasteiger partial charge in [0, 0.05) is 25.8 Å². The molecule has 10 nitrogen and oxygen atoms in total. The molecular formula is C22H27N9O. The number of pyridine rings is 1. The van der Waals surface area contributed by atoms with E-state index in [1.165, 1.54) is 0 Å². The molecule has 0 saturated carbocycles. The van der Waals surface area contributed by atoms with Crippen LogP contribution in [-0.4, -0.2) is 55.5 Å². The van der Waals surface area contributed by atoms with Gasteiger partial charge in [-0.25, -0.2) is 19.6 Å².